The van der Waals surface area contributed by atoms with Crippen molar-refractivity contribution in [3.63, 3.8) is 0 Å². The first-order chi connectivity index (χ1) is 12.6. The van der Waals surface area contributed by atoms with E-state index in [1.54, 1.807) is 0 Å². The number of sulfonamides is 1. The zero-order chi connectivity index (χ0) is 20.4. The number of methoxy groups -OCH3 is 1. The van der Waals surface area contributed by atoms with Crippen LogP contribution in [0.15, 0.2) is 18.2 Å². The number of aliphatic hydroxyl groups is 1. The highest BCUT2D eigenvalue weighted by Crippen LogP contribution is 2.37. The van der Waals surface area contributed by atoms with Crippen LogP contribution in [-0.4, -0.2) is 54.7 Å². The SMILES string of the molecule is COc1nc(C=O)nc(C(O)c2cccc(Cl)c2N(C)S(=O)(=O)C(F)F)n1. The summed E-state index contributed by atoms with van der Waals surface area (Å²) in [5.74, 6) is -4.42. The largest absolute Gasteiger partial charge is 0.467 e. The van der Waals surface area contributed by atoms with Crippen LogP contribution < -0.4 is 9.04 Å². The highest BCUT2D eigenvalue weighted by Gasteiger charge is 2.33. The van der Waals surface area contributed by atoms with Gasteiger partial charge in [-0.05, 0) is 6.07 Å². The lowest BCUT2D eigenvalue weighted by Gasteiger charge is -2.24. The third-order valence-corrected chi connectivity index (χ3v) is 5.12. The molecule has 9 nitrogen and oxygen atoms in total. The molecule has 146 valence electrons. The maximum Gasteiger partial charge on any atom is 0.355 e. The monoisotopic (exact) mass is 422 g/mol. The van der Waals surface area contributed by atoms with Crippen molar-refractivity contribution in [2.24, 2.45) is 0 Å². The third kappa shape index (κ3) is 4.12. The van der Waals surface area contributed by atoms with Gasteiger partial charge in [0.15, 0.2) is 17.9 Å². The molecule has 1 aromatic carbocycles. The lowest BCUT2D eigenvalue weighted by molar-refractivity contribution is 0.111. The van der Waals surface area contributed by atoms with E-state index in [1.165, 1.54) is 25.3 Å². The van der Waals surface area contributed by atoms with Gasteiger partial charge in [-0.3, -0.25) is 9.10 Å². The summed E-state index contributed by atoms with van der Waals surface area (Å²) in [6, 6.07) is 3.60. The Morgan fingerprint density at radius 3 is 2.52 bits per heavy atom. The number of carbonyl (C=O) groups is 1. The molecule has 0 spiro atoms. The highest BCUT2D eigenvalue weighted by molar-refractivity contribution is 7.93. The number of anilines is 1. The van der Waals surface area contributed by atoms with Crippen molar-refractivity contribution in [3.05, 3.63) is 40.4 Å². The van der Waals surface area contributed by atoms with Crippen LogP contribution in [0.3, 0.4) is 0 Å². The fraction of sp³-hybridized carbons (Fsp3) is 0.286. The molecule has 1 heterocycles. The van der Waals surface area contributed by atoms with Crippen LogP contribution in [0.2, 0.25) is 5.02 Å². The number of rotatable bonds is 7. The number of aldehydes is 1. The third-order valence-electron chi connectivity index (χ3n) is 3.42. The summed E-state index contributed by atoms with van der Waals surface area (Å²) in [5, 5.41) is 10.4. The molecular weight excluding hydrogens is 410 g/mol. The van der Waals surface area contributed by atoms with E-state index in [0.29, 0.717) is 0 Å². The Hall–Kier alpha value is -2.44. The van der Waals surface area contributed by atoms with E-state index >= 15 is 0 Å². The fourth-order valence-corrected chi connectivity index (χ4v) is 3.18. The van der Waals surface area contributed by atoms with Crippen molar-refractivity contribution in [3.8, 4) is 6.01 Å². The summed E-state index contributed by atoms with van der Waals surface area (Å²) in [7, 11) is -2.96. The average molecular weight is 423 g/mol. The molecule has 0 aliphatic carbocycles. The summed E-state index contributed by atoms with van der Waals surface area (Å²) in [6.07, 6.45) is -1.43. The number of carbonyl (C=O) groups excluding carboxylic acids is 1. The predicted octanol–water partition coefficient (Wildman–Crippen LogP) is 1.42. The molecular formula is C14H13ClF2N4O5S. The quantitative estimate of drug-likeness (QED) is 0.664. The predicted molar refractivity (Wildman–Crippen MR) is 90.6 cm³/mol. The molecule has 0 radical (unpaired) electrons. The Morgan fingerprint density at radius 1 is 1.30 bits per heavy atom. The average Bonchev–Trinajstić information content (AvgIpc) is 2.65. The number of benzene rings is 1. The van der Waals surface area contributed by atoms with E-state index in [4.69, 9.17) is 16.3 Å². The van der Waals surface area contributed by atoms with Gasteiger partial charge in [-0.2, -0.15) is 18.7 Å². The Kier molecular flexibility index (Phi) is 6.23. The minimum absolute atomic E-state index is 0.181. The van der Waals surface area contributed by atoms with Crippen LogP contribution in [0.4, 0.5) is 14.5 Å². The minimum Gasteiger partial charge on any atom is -0.467 e. The highest BCUT2D eigenvalue weighted by atomic mass is 35.5. The van der Waals surface area contributed by atoms with Crippen molar-refractivity contribution in [2.75, 3.05) is 18.5 Å². The number of aliphatic hydroxyl groups excluding tert-OH is 1. The molecule has 27 heavy (non-hydrogen) atoms. The van der Waals surface area contributed by atoms with Crippen molar-refractivity contribution >= 4 is 33.6 Å². The second-order valence-electron chi connectivity index (χ2n) is 5.01. The molecule has 1 N–H and O–H groups in total. The van der Waals surface area contributed by atoms with Crippen LogP contribution in [0.5, 0.6) is 6.01 Å². The molecule has 0 fully saturated rings. The number of halogens is 3. The zero-order valence-electron chi connectivity index (χ0n) is 13.9. The first kappa shape index (κ1) is 20.9. The van der Waals surface area contributed by atoms with Crippen LogP contribution in [0, 0.1) is 0 Å². The Labute approximate surface area is 157 Å². The summed E-state index contributed by atoms with van der Waals surface area (Å²) in [6.45, 7) is 0. The van der Waals surface area contributed by atoms with Crippen molar-refractivity contribution in [1.29, 1.82) is 0 Å². The van der Waals surface area contributed by atoms with E-state index in [-0.39, 0.29) is 44.5 Å². The standard InChI is InChI=1S/C14H13ClF2N4O5S/c1-21(27(24,25)13(16)17)10-7(4-3-5-8(10)15)11(23)12-18-9(6-22)19-14(20-12)26-2/h3-6,11,13,23H,1-2H3. The van der Waals surface area contributed by atoms with Gasteiger partial charge in [0.05, 0.1) is 17.8 Å². The molecule has 0 aliphatic heterocycles. The maximum atomic E-state index is 12.9. The van der Waals surface area contributed by atoms with E-state index in [2.05, 4.69) is 15.0 Å². The van der Waals surface area contributed by atoms with Gasteiger partial charge in [0.1, 0.15) is 6.10 Å². The molecule has 1 unspecified atom stereocenters. The van der Waals surface area contributed by atoms with Crippen molar-refractivity contribution in [2.45, 2.75) is 11.9 Å². The van der Waals surface area contributed by atoms with Crippen molar-refractivity contribution in [1.82, 2.24) is 15.0 Å². The number of aromatic nitrogens is 3. The smallest absolute Gasteiger partial charge is 0.355 e. The topological polar surface area (TPSA) is 123 Å². The van der Waals surface area contributed by atoms with Gasteiger partial charge in [-0.25, -0.2) is 13.4 Å². The molecule has 0 bridgehead atoms. The molecule has 0 saturated carbocycles. The van der Waals surface area contributed by atoms with Gasteiger partial charge in [0.2, 0.25) is 0 Å². The van der Waals surface area contributed by atoms with Crippen LogP contribution in [-0.2, 0) is 10.0 Å². The molecule has 2 aromatic rings. The first-order valence-electron chi connectivity index (χ1n) is 7.11. The second-order valence-corrected chi connectivity index (χ2v) is 7.35. The van der Waals surface area contributed by atoms with Gasteiger partial charge in [0, 0.05) is 12.6 Å². The summed E-state index contributed by atoms with van der Waals surface area (Å²) < 4.78 is 54.5. The van der Waals surface area contributed by atoms with Gasteiger partial charge in [-0.15, -0.1) is 0 Å². The number of alkyl halides is 2. The molecule has 0 saturated heterocycles. The van der Waals surface area contributed by atoms with E-state index < -0.39 is 21.9 Å². The number of nitrogens with zero attached hydrogens (tertiary/aromatic N) is 4. The molecule has 0 amide bonds. The van der Waals surface area contributed by atoms with E-state index in [0.717, 1.165) is 7.05 Å². The molecule has 0 aliphatic rings. The Morgan fingerprint density at radius 2 is 1.96 bits per heavy atom. The fourth-order valence-electron chi connectivity index (χ4n) is 2.13. The molecule has 13 heteroatoms. The van der Waals surface area contributed by atoms with Gasteiger partial charge in [-0.1, -0.05) is 23.7 Å². The number of ether oxygens (including phenoxy) is 1. The van der Waals surface area contributed by atoms with Crippen LogP contribution in [0.1, 0.15) is 28.1 Å². The van der Waals surface area contributed by atoms with E-state index in [1.807, 2.05) is 0 Å². The zero-order valence-corrected chi connectivity index (χ0v) is 15.4. The van der Waals surface area contributed by atoms with Gasteiger partial charge >= 0.3 is 11.8 Å². The lowest BCUT2D eigenvalue weighted by atomic mass is 10.1. The van der Waals surface area contributed by atoms with Crippen LogP contribution >= 0.6 is 11.6 Å². The van der Waals surface area contributed by atoms with Crippen LogP contribution in [0.25, 0.3) is 0 Å². The number of hydrogen-bond donors (Lipinski definition) is 1. The number of hydrogen-bond acceptors (Lipinski definition) is 8. The number of para-hydroxylation sites is 1. The first-order valence-corrected chi connectivity index (χ1v) is 8.99. The molecule has 1 aromatic heterocycles. The molecule has 2 rings (SSSR count). The summed E-state index contributed by atoms with van der Waals surface area (Å²) >= 11 is 5.99. The summed E-state index contributed by atoms with van der Waals surface area (Å²) in [4.78, 5) is 22.1. The second kappa shape index (κ2) is 8.06. The lowest BCUT2D eigenvalue weighted by Crippen LogP contribution is -2.33. The Bertz CT molecular complexity index is 961. The summed E-state index contributed by atoms with van der Waals surface area (Å²) in [5.41, 5.74) is -0.571. The Balaban J connectivity index is 2.64. The van der Waals surface area contributed by atoms with Gasteiger partial charge < -0.3 is 9.84 Å². The van der Waals surface area contributed by atoms with E-state index in [9.17, 15) is 27.1 Å². The van der Waals surface area contributed by atoms with Crippen molar-refractivity contribution < 1.29 is 31.8 Å². The molecule has 1 atom stereocenters. The normalized spacial score (nSPS) is 12.7. The minimum atomic E-state index is -5.05. The van der Waals surface area contributed by atoms with Gasteiger partial charge in [0.25, 0.3) is 10.0 Å². The maximum absolute atomic E-state index is 12.9.